The molecule has 5 aromatic carbocycles. The highest BCUT2D eigenvalue weighted by molar-refractivity contribution is 5.99. The van der Waals surface area contributed by atoms with Gasteiger partial charge in [0.05, 0.1) is 12.5 Å². The van der Waals surface area contributed by atoms with E-state index in [1.807, 2.05) is 0 Å². The number of hydrogen-bond donors (Lipinski definition) is 0. The lowest BCUT2D eigenvalue weighted by molar-refractivity contribution is -1.01. The van der Waals surface area contributed by atoms with Crippen molar-refractivity contribution < 1.29 is 9.35 Å². The molecule has 1 aliphatic carbocycles. The largest absolute Gasteiger partial charge is 0.353 e. The maximum atomic E-state index is 2.59. The molecule has 11 rings (SSSR count). The standard InChI is InChI=1S/C39H27N4/c1-24-21-22-41-35(23-24)27-13-9-17-31-36(27)43(41)37-28(38-40(2)33-19-7-8-20-34(33)42(38)43)14-10-18-32(37)39(31)29-15-5-3-11-25(29)26-12-4-6-16-30(26)39/h3-23H,1-2H3/q+3. The summed E-state index contributed by atoms with van der Waals surface area (Å²) in [4.78, 5) is 0. The summed E-state index contributed by atoms with van der Waals surface area (Å²) in [5, 5.41) is 0. The minimum atomic E-state index is -0.429. The topological polar surface area (TPSA) is 12.7 Å². The number of pyridine rings is 1. The van der Waals surface area contributed by atoms with Crippen molar-refractivity contribution in [2.45, 2.75) is 12.3 Å². The van der Waals surface area contributed by atoms with Gasteiger partial charge < -0.3 is 0 Å². The SMILES string of the molecule is Cc1cc[n+]2c(c1)-c1cccc3c1[N+]21c2c(cccc2C32c3ccccc3-c3ccccc32)-c2n(C)c3ccccc3[n+]21. The van der Waals surface area contributed by atoms with Crippen molar-refractivity contribution in [3.05, 3.63) is 155 Å². The Balaban J connectivity index is 1.46. The van der Waals surface area contributed by atoms with Gasteiger partial charge in [-0.25, -0.2) is 4.57 Å². The van der Waals surface area contributed by atoms with E-state index in [9.17, 15) is 0 Å². The summed E-state index contributed by atoms with van der Waals surface area (Å²) in [6, 6.07) is 45.8. The highest BCUT2D eigenvalue weighted by Crippen LogP contribution is 2.67. The first-order chi connectivity index (χ1) is 21.2. The van der Waals surface area contributed by atoms with Crippen molar-refractivity contribution in [1.29, 1.82) is 0 Å². The van der Waals surface area contributed by atoms with E-state index in [1.165, 1.54) is 84.0 Å². The molecule has 0 saturated carbocycles. The van der Waals surface area contributed by atoms with Gasteiger partial charge in [0.15, 0.2) is 5.52 Å². The second-order valence-electron chi connectivity index (χ2n) is 12.5. The number of hydrogen-bond acceptors (Lipinski definition) is 0. The number of nitrogens with zero attached hydrogens (tertiary/aromatic N) is 4. The minimum Gasteiger partial charge on any atom is -0.221 e. The predicted octanol–water partition coefficient (Wildman–Crippen LogP) is 7.26. The lowest BCUT2D eigenvalue weighted by atomic mass is 9.64. The van der Waals surface area contributed by atoms with Gasteiger partial charge >= 0.3 is 5.82 Å². The van der Waals surface area contributed by atoms with Crippen LogP contribution in [-0.2, 0) is 12.5 Å². The fraction of sp³-hybridized carbons (Fsp3) is 0.0769. The summed E-state index contributed by atoms with van der Waals surface area (Å²) >= 11 is 0. The van der Waals surface area contributed by atoms with Gasteiger partial charge in [0.2, 0.25) is 11.7 Å². The van der Waals surface area contributed by atoms with Gasteiger partial charge in [-0.2, -0.15) is 0 Å². The highest BCUT2D eigenvalue weighted by Gasteiger charge is 2.75. The first kappa shape index (κ1) is 22.3. The van der Waals surface area contributed by atoms with Crippen molar-refractivity contribution in [1.82, 2.24) is 9.27 Å². The van der Waals surface area contributed by atoms with Crippen LogP contribution in [0.15, 0.2) is 128 Å². The third-order valence-corrected chi connectivity index (χ3v) is 10.7. The van der Waals surface area contributed by atoms with E-state index in [-0.39, 0.29) is 0 Å². The highest BCUT2D eigenvalue weighted by atomic mass is 15.9. The molecule has 0 N–H and O–H groups in total. The van der Waals surface area contributed by atoms with E-state index in [2.05, 4.69) is 155 Å². The van der Waals surface area contributed by atoms with Gasteiger partial charge in [0.1, 0.15) is 15.8 Å². The molecule has 0 amide bonds. The zero-order valence-electron chi connectivity index (χ0n) is 23.9. The van der Waals surface area contributed by atoms with Crippen LogP contribution < -0.4 is 14.1 Å². The average molecular weight is 552 g/mol. The molecule has 200 valence electrons. The molecule has 0 radical (unpaired) electrons. The van der Waals surface area contributed by atoms with Gasteiger partial charge in [-0.15, -0.1) is 0 Å². The van der Waals surface area contributed by atoms with Crippen LogP contribution in [0.2, 0.25) is 0 Å². The smallest absolute Gasteiger partial charge is 0.221 e. The molecule has 43 heavy (non-hydrogen) atoms. The maximum Gasteiger partial charge on any atom is 0.353 e. The molecule has 5 heterocycles. The van der Waals surface area contributed by atoms with E-state index < -0.39 is 5.41 Å². The zero-order valence-corrected chi connectivity index (χ0v) is 23.9. The lowest BCUT2D eigenvalue weighted by Crippen LogP contribution is -2.82. The average Bonchev–Trinajstić information content (AvgIpc) is 3.72. The molecule has 4 aliphatic rings. The number of quaternary nitrogens is 1. The van der Waals surface area contributed by atoms with E-state index >= 15 is 0 Å². The number of benzene rings is 5. The Morgan fingerprint density at radius 2 is 1.19 bits per heavy atom. The number of fused-ring (bicyclic) bond motifs is 13. The number of rotatable bonds is 0. The van der Waals surface area contributed by atoms with Crippen LogP contribution in [0.3, 0.4) is 0 Å². The second-order valence-corrected chi connectivity index (χ2v) is 12.5. The number of para-hydroxylation sites is 4. The number of aromatic nitrogens is 3. The summed E-state index contributed by atoms with van der Waals surface area (Å²) in [5.74, 6) is 1.23. The summed E-state index contributed by atoms with van der Waals surface area (Å²) < 4.78 is 8.01. The van der Waals surface area contributed by atoms with Crippen LogP contribution in [0.1, 0.15) is 27.8 Å². The quantitative estimate of drug-likeness (QED) is 0.139. The molecular formula is C39H27N4+3. The monoisotopic (exact) mass is 551 g/mol. The van der Waals surface area contributed by atoms with Gasteiger partial charge in [0.25, 0.3) is 17.1 Å². The number of aryl methyl sites for hydroxylation is 2. The molecular weight excluding hydrogens is 524 g/mol. The van der Waals surface area contributed by atoms with Crippen LogP contribution in [-0.4, -0.2) is 4.57 Å². The molecule has 0 fully saturated rings. The van der Waals surface area contributed by atoms with Crippen molar-refractivity contribution >= 4 is 22.4 Å². The lowest BCUT2D eigenvalue weighted by Gasteiger charge is -2.39. The molecule has 1 atom stereocenters. The van der Waals surface area contributed by atoms with Crippen LogP contribution in [0.5, 0.6) is 0 Å². The van der Waals surface area contributed by atoms with Crippen molar-refractivity contribution in [3.63, 3.8) is 0 Å². The molecule has 1 unspecified atom stereocenters. The second kappa shape index (κ2) is 7.00. The van der Waals surface area contributed by atoms with Crippen molar-refractivity contribution in [3.8, 4) is 33.8 Å². The summed E-state index contributed by atoms with van der Waals surface area (Å²) in [5.41, 5.74) is 18.0. The zero-order chi connectivity index (χ0) is 28.2. The van der Waals surface area contributed by atoms with Gasteiger partial charge in [-0.05, 0) is 59.0 Å². The van der Waals surface area contributed by atoms with Crippen molar-refractivity contribution in [2.24, 2.45) is 7.05 Å². The fourth-order valence-electron chi connectivity index (χ4n) is 9.27. The molecule has 4 heteroatoms. The Morgan fingerprint density at radius 3 is 1.93 bits per heavy atom. The third kappa shape index (κ3) is 2.11. The van der Waals surface area contributed by atoms with Crippen molar-refractivity contribution in [2.75, 3.05) is 0 Å². The Morgan fingerprint density at radius 1 is 0.605 bits per heavy atom. The van der Waals surface area contributed by atoms with E-state index in [0.717, 1.165) is 0 Å². The molecule has 0 saturated heterocycles. The summed E-state index contributed by atoms with van der Waals surface area (Å²) in [7, 11) is 2.23. The van der Waals surface area contributed by atoms with Crippen LogP contribution in [0, 0.1) is 6.92 Å². The molecule has 2 spiro atoms. The normalized spacial score (nSPS) is 18.3. The molecule has 4 nitrogen and oxygen atoms in total. The minimum absolute atomic E-state index is 0.429. The Bertz CT molecular complexity index is 2400. The van der Waals surface area contributed by atoms with Crippen LogP contribution >= 0.6 is 0 Å². The van der Waals surface area contributed by atoms with Gasteiger partial charge in [-0.1, -0.05) is 84.9 Å². The Hall–Kier alpha value is -5.32. The predicted molar refractivity (Wildman–Crippen MR) is 168 cm³/mol. The van der Waals surface area contributed by atoms with E-state index in [0.29, 0.717) is 4.70 Å². The molecule has 0 bridgehead atoms. The van der Waals surface area contributed by atoms with Crippen LogP contribution in [0.25, 0.3) is 44.8 Å². The first-order valence-electron chi connectivity index (χ1n) is 15.1. The third-order valence-electron chi connectivity index (χ3n) is 10.7. The number of imidazole rings is 1. The van der Waals surface area contributed by atoms with Gasteiger partial charge in [-0.3, -0.25) is 0 Å². The molecule has 7 aromatic rings. The van der Waals surface area contributed by atoms with Crippen LogP contribution in [0.4, 0.5) is 11.4 Å². The fourth-order valence-corrected chi connectivity index (χ4v) is 9.27. The Kier molecular flexibility index (Phi) is 3.63. The summed E-state index contributed by atoms with van der Waals surface area (Å²) in [6.07, 6.45) is 2.31. The van der Waals surface area contributed by atoms with E-state index in [4.69, 9.17) is 0 Å². The Labute approximate surface area is 249 Å². The maximum absolute atomic E-state index is 2.59. The summed E-state index contributed by atoms with van der Waals surface area (Å²) in [6.45, 7) is 2.21. The van der Waals surface area contributed by atoms with Gasteiger partial charge in [0, 0.05) is 32.6 Å². The molecule has 2 aromatic heterocycles. The molecule has 3 aliphatic heterocycles. The first-order valence-corrected chi connectivity index (χ1v) is 15.1. The van der Waals surface area contributed by atoms with E-state index in [1.54, 1.807) is 0 Å².